The molecule has 0 bridgehead atoms. The number of benzene rings is 1. The SMILES string of the molecule is CCC(C)(CC)c1ccc(-c2ccc3c(cnn3C3CCCCO3)c2C2CC2)nc1. The molecule has 1 saturated heterocycles. The highest BCUT2D eigenvalue weighted by Gasteiger charge is 2.31. The molecule has 1 aromatic carbocycles. The Hall–Kier alpha value is -2.20. The van der Waals surface area contributed by atoms with Crippen LogP contribution >= 0.6 is 0 Å². The van der Waals surface area contributed by atoms with Crippen LogP contribution in [0.4, 0.5) is 0 Å². The number of hydrogen-bond acceptors (Lipinski definition) is 3. The van der Waals surface area contributed by atoms with E-state index in [-0.39, 0.29) is 11.6 Å². The number of rotatable bonds is 6. The number of nitrogens with zero attached hydrogens (tertiary/aromatic N) is 3. The lowest BCUT2D eigenvalue weighted by Crippen LogP contribution is -2.19. The van der Waals surface area contributed by atoms with E-state index in [0.29, 0.717) is 5.92 Å². The molecule has 0 spiro atoms. The van der Waals surface area contributed by atoms with Gasteiger partial charge in [-0.3, -0.25) is 4.98 Å². The molecule has 3 heterocycles. The van der Waals surface area contributed by atoms with Crippen molar-refractivity contribution in [3.05, 3.63) is 47.8 Å². The summed E-state index contributed by atoms with van der Waals surface area (Å²) in [6.45, 7) is 7.71. The minimum atomic E-state index is 0.0762. The maximum absolute atomic E-state index is 6.02. The van der Waals surface area contributed by atoms with Gasteiger partial charge < -0.3 is 4.74 Å². The third-order valence-corrected chi connectivity index (χ3v) is 7.53. The highest BCUT2D eigenvalue weighted by molar-refractivity contribution is 5.90. The Labute approximate surface area is 179 Å². The summed E-state index contributed by atoms with van der Waals surface area (Å²) in [7, 11) is 0. The average Bonchev–Trinajstić information content (AvgIpc) is 3.56. The van der Waals surface area contributed by atoms with Gasteiger partial charge in [-0.1, -0.05) is 32.9 Å². The van der Waals surface area contributed by atoms with Gasteiger partial charge in [0.2, 0.25) is 0 Å². The molecule has 1 aliphatic heterocycles. The lowest BCUT2D eigenvalue weighted by Gasteiger charge is -2.27. The standard InChI is InChI=1S/C26H33N3O/c1-4-26(3,5-2)19-11-13-22(27-16-19)20-12-14-23-21(25(20)18-9-10-18)17-28-29(23)24-8-6-7-15-30-24/h11-14,16-18,24H,4-10,15H2,1-3H3. The summed E-state index contributed by atoms with van der Waals surface area (Å²) in [4.78, 5) is 4.93. The van der Waals surface area contributed by atoms with Crippen LogP contribution in [0.3, 0.4) is 0 Å². The molecule has 0 amide bonds. The second kappa shape index (κ2) is 7.81. The van der Waals surface area contributed by atoms with Gasteiger partial charge in [-0.05, 0) is 79.5 Å². The van der Waals surface area contributed by atoms with E-state index < -0.39 is 0 Å². The number of hydrogen-bond donors (Lipinski definition) is 0. The van der Waals surface area contributed by atoms with Gasteiger partial charge in [0.1, 0.15) is 0 Å². The number of pyridine rings is 1. The summed E-state index contributed by atoms with van der Waals surface area (Å²) < 4.78 is 8.12. The predicted molar refractivity (Wildman–Crippen MR) is 122 cm³/mol. The van der Waals surface area contributed by atoms with Gasteiger partial charge in [0.05, 0.1) is 17.4 Å². The lowest BCUT2D eigenvalue weighted by molar-refractivity contribution is -0.0366. The molecular weight excluding hydrogens is 370 g/mol. The van der Waals surface area contributed by atoms with E-state index in [1.807, 2.05) is 0 Å². The average molecular weight is 404 g/mol. The smallest absolute Gasteiger partial charge is 0.150 e. The first-order valence-corrected chi connectivity index (χ1v) is 11.7. The molecule has 2 fully saturated rings. The Balaban J connectivity index is 1.56. The van der Waals surface area contributed by atoms with E-state index in [4.69, 9.17) is 14.8 Å². The minimum Gasteiger partial charge on any atom is -0.356 e. The van der Waals surface area contributed by atoms with Crippen molar-refractivity contribution in [2.75, 3.05) is 6.61 Å². The molecule has 0 N–H and O–H groups in total. The number of fused-ring (bicyclic) bond motifs is 1. The first-order chi connectivity index (χ1) is 14.6. The molecular formula is C26H33N3O. The zero-order chi connectivity index (χ0) is 20.7. The van der Waals surface area contributed by atoms with Crippen molar-refractivity contribution in [2.45, 2.75) is 83.3 Å². The monoisotopic (exact) mass is 403 g/mol. The molecule has 0 radical (unpaired) electrons. The van der Waals surface area contributed by atoms with Crippen LogP contribution < -0.4 is 0 Å². The quantitative estimate of drug-likeness (QED) is 0.457. The molecule has 158 valence electrons. The van der Waals surface area contributed by atoms with Crippen LogP contribution in [0.2, 0.25) is 0 Å². The van der Waals surface area contributed by atoms with Gasteiger partial charge in [-0.15, -0.1) is 0 Å². The fourth-order valence-corrected chi connectivity index (χ4v) is 4.89. The van der Waals surface area contributed by atoms with E-state index >= 15 is 0 Å². The molecule has 30 heavy (non-hydrogen) atoms. The lowest BCUT2D eigenvalue weighted by atomic mass is 9.78. The van der Waals surface area contributed by atoms with E-state index in [2.05, 4.69) is 62.1 Å². The van der Waals surface area contributed by atoms with Gasteiger partial charge >= 0.3 is 0 Å². The summed E-state index contributed by atoms with van der Waals surface area (Å²) in [5, 5.41) is 6.04. The summed E-state index contributed by atoms with van der Waals surface area (Å²) in [6, 6.07) is 8.99. The van der Waals surface area contributed by atoms with E-state index in [1.165, 1.54) is 46.9 Å². The topological polar surface area (TPSA) is 39.9 Å². The summed E-state index contributed by atoms with van der Waals surface area (Å²) in [5.41, 5.74) is 6.54. The first kappa shape index (κ1) is 19.7. The van der Waals surface area contributed by atoms with Gasteiger partial charge in [-0.2, -0.15) is 5.10 Å². The van der Waals surface area contributed by atoms with E-state index in [9.17, 15) is 0 Å². The predicted octanol–water partition coefficient (Wildman–Crippen LogP) is 6.75. The molecule has 2 aliphatic rings. The fraction of sp³-hybridized carbons (Fsp3) is 0.538. The Bertz CT molecular complexity index is 1020. The zero-order valence-corrected chi connectivity index (χ0v) is 18.5. The second-order valence-corrected chi connectivity index (χ2v) is 9.34. The summed E-state index contributed by atoms with van der Waals surface area (Å²) in [6.07, 6.45) is 12.4. The fourth-order valence-electron chi connectivity index (χ4n) is 4.89. The molecule has 5 rings (SSSR count). The van der Waals surface area contributed by atoms with Crippen molar-refractivity contribution in [1.29, 1.82) is 0 Å². The van der Waals surface area contributed by atoms with Gasteiger partial charge in [0.15, 0.2) is 6.23 Å². The van der Waals surface area contributed by atoms with Crippen molar-refractivity contribution >= 4 is 10.9 Å². The maximum atomic E-state index is 6.02. The largest absolute Gasteiger partial charge is 0.356 e. The van der Waals surface area contributed by atoms with Crippen molar-refractivity contribution in [3.63, 3.8) is 0 Å². The second-order valence-electron chi connectivity index (χ2n) is 9.34. The third kappa shape index (κ3) is 3.35. The van der Waals surface area contributed by atoms with Crippen LogP contribution in [0.25, 0.3) is 22.2 Å². The van der Waals surface area contributed by atoms with Gasteiger partial charge in [-0.25, -0.2) is 4.68 Å². The molecule has 1 atom stereocenters. The van der Waals surface area contributed by atoms with Gasteiger partial charge in [0.25, 0.3) is 0 Å². The van der Waals surface area contributed by atoms with Crippen LogP contribution in [0.1, 0.15) is 89.0 Å². The van der Waals surface area contributed by atoms with Crippen LogP contribution in [-0.4, -0.2) is 21.4 Å². The number of aromatic nitrogens is 3. The van der Waals surface area contributed by atoms with Crippen molar-refractivity contribution in [1.82, 2.24) is 14.8 Å². The minimum absolute atomic E-state index is 0.0762. The Morgan fingerprint density at radius 2 is 1.87 bits per heavy atom. The van der Waals surface area contributed by atoms with Crippen LogP contribution in [0.5, 0.6) is 0 Å². The van der Waals surface area contributed by atoms with Crippen molar-refractivity contribution in [2.24, 2.45) is 0 Å². The van der Waals surface area contributed by atoms with Crippen molar-refractivity contribution in [3.8, 4) is 11.3 Å². The van der Waals surface area contributed by atoms with Crippen LogP contribution in [0.15, 0.2) is 36.7 Å². The summed E-state index contributed by atoms with van der Waals surface area (Å²) >= 11 is 0. The van der Waals surface area contributed by atoms with E-state index in [1.54, 1.807) is 0 Å². The molecule has 1 unspecified atom stereocenters. The van der Waals surface area contributed by atoms with Crippen LogP contribution in [0, 0.1) is 0 Å². The van der Waals surface area contributed by atoms with Crippen LogP contribution in [-0.2, 0) is 10.2 Å². The molecule has 1 saturated carbocycles. The molecule has 4 heteroatoms. The highest BCUT2D eigenvalue weighted by Crippen LogP contribution is 2.48. The molecule has 1 aliphatic carbocycles. The highest BCUT2D eigenvalue weighted by atomic mass is 16.5. The Kier molecular flexibility index (Phi) is 5.14. The Morgan fingerprint density at radius 1 is 1.03 bits per heavy atom. The third-order valence-electron chi connectivity index (χ3n) is 7.53. The normalized spacial score (nSPS) is 20.0. The molecule has 4 nitrogen and oxygen atoms in total. The van der Waals surface area contributed by atoms with Crippen molar-refractivity contribution < 1.29 is 4.74 Å². The molecule has 3 aromatic rings. The molecule has 2 aromatic heterocycles. The first-order valence-electron chi connectivity index (χ1n) is 11.7. The zero-order valence-electron chi connectivity index (χ0n) is 18.5. The summed E-state index contributed by atoms with van der Waals surface area (Å²) in [5.74, 6) is 0.631. The van der Waals surface area contributed by atoms with E-state index in [0.717, 1.165) is 38.0 Å². The number of ether oxygens (including phenoxy) is 1. The Morgan fingerprint density at radius 3 is 2.50 bits per heavy atom. The maximum Gasteiger partial charge on any atom is 0.150 e. The van der Waals surface area contributed by atoms with Gasteiger partial charge in [0, 0.05) is 23.8 Å².